The van der Waals surface area contributed by atoms with Crippen molar-refractivity contribution in [2.75, 3.05) is 0 Å². The SMILES string of the molecule is NC1=NS(=O)(=O)Oc2cccc(-n3ccnc3)c21. The Bertz CT molecular complexity index is 734. The topological polar surface area (TPSA) is 99.6 Å². The zero-order valence-corrected chi connectivity index (χ0v) is 9.83. The molecule has 0 atom stereocenters. The number of nitrogens with two attached hydrogens (primary N) is 1. The van der Waals surface area contributed by atoms with E-state index in [0.29, 0.717) is 11.3 Å². The van der Waals surface area contributed by atoms with Crippen molar-refractivity contribution in [2.24, 2.45) is 10.1 Å². The monoisotopic (exact) mass is 264 g/mol. The summed E-state index contributed by atoms with van der Waals surface area (Å²) in [4.78, 5) is 3.92. The number of rotatable bonds is 1. The second-order valence-electron chi connectivity index (χ2n) is 3.61. The van der Waals surface area contributed by atoms with Crippen LogP contribution in [0.3, 0.4) is 0 Å². The van der Waals surface area contributed by atoms with Gasteiger partial charge in [0.25, 0.3) is 0 Å². The van der Waals surface area contributed by atoms with E-state index in [9.17, 15) is 8.42 Å². The van der Waals surface area contributed by atoms with Gasteiger partial charge in [0.05, 0.1) is 17.6 Å². The van der Waals surface area contributed by atoms with E-state index < -0.39 is 10.3 Å². The maximum absolute atomic E-state index is 11.3. The molecule has 2 N–H and O–H groups in total. The van der Waals surface area contributed by atoms with E-state index in [1.54, 1.807) is 35.4 Å². The maximum atomic E-state index is 11.3. The minimum atomic E-state index is -3.99. The van der Waals surface area contributed by atoms with Gasteiger partial charge in [0.15, 0.2) is 11.6 Å². The Morgan fingerprint density at radius 3 is 2.89 bits per heavy atom. The number of fused-ring (bicyclic) bond motifs is 1. The fraction of sp³-hybridized carbons (Fsp3) is 0. The highest BCUT2D eigenvalue weighted by molar-refractivity contribution is 7.86. The average Bonchev–Trinajstić information content (AvgIpc) is 2.79. The Hall–Kier alpha value is -2.35. The van der Waals surface area contributed by atoms with E-state index in [-0.39, 0.29) is 11.6 Å². The number of hydrogen-bond acceptors (Lipinski definition) is 5. The molecular weight excluding hydrogens is 256 g/mol. The first-order valence-corrected chi connectivity index (χ1v) is 6.35. The second-order valence-corrected chi connectivity index (χ2v) is 4.81. The van der Waals surface area contributed by atoms with Crippen molar-refractivity contribution in [3.8, 4) is 11.4 Å². The van der Waals surface area contributed by atoms with Gasteiger partial charge in [-0.2, -0.15) is 8.42 Å². The number of hydrogen-bond donors (Lipinski definition) is 1. The summed E-state index contributed by atoms with van der Waals surface area (Å²) >= 11 is 0. The van der Waals surface area contributed by atoms with Crippen molar-refractivity contribution < 1.29 is 12.6 Å². The normalized spacial score (nSPS) is 16.6. The lowest BCUT2D eigenvalue weighted by Crippen LogP contribution is -2.25. The molecule has 0 bridgehead atoms. The Morgan fingerprint density at radius 2 is 2.17 bits per heavy atom. The molecule has 0 amide bonds. The molecule has 2 aromatic rings. The van der Waals surface area contributed by atoms with Crippen LogP contribution >= 0.6 is 0 Å². The van der Waals surface area contributed by atoms with Crippen molar-refractivity contribution in [2.45, 2.75) is 0 Å². The summed E-state index contributed by atoms with van der Waals surface area (Å²) in [6.45, 7) is 0. The minimum Gasteiger partial charge on any atom is -0.382 e. The molecule has 1 aromatic heterocycles. The van der Waals surface area contributed by atoms with Crippen molar-refractivity contribution in [1.82, 2.24) is 9.55 Å². The van der Waals surface area contributed by atoms with Crippen LogP contribution in [0.5, 0.6) is 5.75 Å². The summed E-state index contributed by atoms with van der Waals surface area (Å²) < 4.78 is 32.5. The largest absolute Gasteiger partial charge is 0.430 e. The maximum Gasteiger partial charge on any atom is 0.430 e. The Balaban J connectivity index is 2.28. The third-order valence-electron chi connectivity index (χ3n) is 2.45. The summed E-state index contributed by atoms with van der Waals surface area (Å²) in [5.41, 5.74) is 6.78. The van der Waals surface area contributed by atoms with E-state index in [2.05, 4.69) is 9.38 Å². The van der Waals surface area contributed by atoms with Crippen LogP contribution in [0.2, 0.25) is 0 Å². The third-order valence-corrected chi connectivity index (χ3v) is 3.26. The van der Waals surface area contributed by atoms with E-state index >= 15 is 0 Å². The molecule has 0 saturated heterocycles. The van der Waals surface area contributed by atoms with Gasteiger partial charge in [0.2, 0.25) is 0 Å². The van der Waals surface area contributed by atoms with Gasteiger partial charge in [-0.25, -0.2) is 4.98 Å². The smallest absolute Gasteiger partial charge is 0.382 e. The highest BCUT2D eigenvalue weighted by Crippen LogP contribution is 2.29. The second kappa shape index (κ2) is 3.57. The van der Waals surface area contributed by atoms with Crippen molar-refractivity contribution in [3.63, 3.8) is 0 Å². The van der Waals surface area contributed by atoms with E-state index in [1.165, 1.54) is 6.07 Å². The molecule has 7 nitrogen and oxygen atoms in total. The summed E-state index contributed by atoms with van der Waals surface area (Å²) in [6, 6.07) is 4.96. The highest BCUT2D eigenvalue weighted by atomic mass is 32.2. The minimum absolute atomic E-state index is 0.0967. The molecule has 0 radical (unpaired) electrons. The summed E-state index contributed by atoms with van der Waals surface area (Å²) in [6.07, 6.45) is 4.89. The molecule has 0 unspecified atom stereocenters. The van der Waals surface area contributed by atoms with Gasteiger partial charge in [-0.3, -0.25) is 0 Å². The van der Waals surface area contributed by atoms with Gasteiger partial charge in [0.1, 0.15) is 0 Å². The molecule has 2 heterocycles. The van der Waals surface area contributed by atoms with Crippen LogP contribution in [-0.2, 0) is 10.3 Å². The predicted octanol–water partition coefficient (Wildman–Crippen LogP) is 0.215. The molecule has 3 rings (SSSR count). The van der Waals surface area contributed by atoms with Crippen LogP contribution in [0, 0.1) is 0 Å². The first-order valence-electron chi connectivity index (χ1n) is 4.98. The Kier molecular flexibility index (Phi) is 2.14. The van der Waals surface area contributed by atoms with Crippen LogP contribution in [0.4, 0.5) is 0 Å². The average molecular weight is 264 g/mol. The molecule has 0 saturated carbocycles. The van der Waals surface area contributed by atoms with Crippen LogP contribution in [0.15, 0.2) is 41.3 Å². The van der Waals surface area contributed by atoms with Gasteiger partial charge >= 0.3 is 10.3 Å². The van der Waals surface area contributed by atoms with Crippen molar-refractivity contribution in [1.29, 1.82) is 0 Å². The predicted molar refractivity (Wildman–Crippen MR) is 63.8 cm³/mol. The molecule has 0 fully saturated rings. The fourth-order valence-corrected chi connectivity index (χ4v) is 2.50. The third kappa shape index (κ3) is 1.63. The molecule has 0 spiro atoms. The van der Waals surface area contributed by atoms with Crippen LogP contribution in [0.25, 0.3) is 5.69 Å². The first-order chi connectivity index (χ1) is 8.57. The van der Waals surface area contributed by atoms with Crippen LogP contribution in [-0.4, -0.2) is 23.8 Å². The van der Waals surface area contributed by atoms with E-state index in [4.69, 9.17) is 9.92 Å². The molecule has 0 aliphatic carbocycles. The van der Waals surface area contributed by atoms with Crippen molar-refractivity contribution >= 4 is 16.1 Å². The number of aromatic nitrogens is 2. The zero-order chi connectivity index (χ0) is 12.8. The summed E-state index contributed by atoms with van der Waals surface area (Å²) in [5, 5.41) is 0. The lowest BCUT2D eigenvalue weighted by atomic mass is 10.1. The van der Waals surface area contributed by atoms with Crippen LogP contribution < -0.4 is 9.92 Å². The van der Waals surface area contributed by atoms with Gasteiger partial charge < -0.3 is 14.5 Å². The lowest BCUT2D eigenvalue weighted by Gasteiger charge is -2.17. The fourth-order valence-electron chi connectivity index (χ4n) is 1.76. The lowest BCUT2D eigenvalue weighted by molar-refractivity contribution is 0.484. The summed E-state index contributed by atoms with van der Waals surface area (Å²) in [5.74, 6) is 0.0641. The van der Waals surface area contributed by atoms with Gasteiger partial charge in [-0.1, -0.05) is 6.07 Å². The number of amidine groups is 1. The molecule has 1 aromatic carbocycles. The molecule has 1 aliphatic rings. The van der Waals surface area contributed by atoms with Gasteiger partial charge in [-0.15, -0.1) is 4.40 Å². The van der Waals surface area contributed by atoms with Gasteiger partial charge in [0, 0.05) is 12.4 Å². The Morgan fingerprint density at radius 1 is 1.33 bits per heavy atom. The van der Waals surface area contributed by atoms with E-state index in [0.717, 1.165) is 0 Å². The molecule has 18 heavy (non-hydrogen) atoms. The van der Waals surface area contributed by atoms with Gasteiger partial charge in [-0.05, 0) is 12.1 Å². The molecular formula is C10H8N4O3S. The summed E-state index contributed by atoms with van der Waals surface area (Å²) in [7, 11) is -3.99. The number of benzene rings is 1. The number of nitrogens with zero attached hydrogens (tertiary/aromatic N) is 3. The highest BCUT2D eigenvalue weighted by Gasteiger charge is 2.26. The first kappa shape index (κ1) is 10.8. The zero-order valence-electron chi connectivity index (χ0n) is 9.02. The quantitative estimate of drug-likeness (QED) is 0.794. The van der Waals surface area contributed by atoms with Crippen LogP contribution in [0.1, 0.15) is 5.56 Å². The molecule has 1 aliphatic heterocycles. The number of imidazole rings is 1. The van der Waals surface area contributed by atoms with Crippen molar-refractivity contribution in [3.05, 3.63) is 42.5 Å². The standard InChI is InChI=1S/C10H8N4O3S/c11-10-9-7(14-5-4-12-6-14)2-1-3-8(9)17-18(15,16)13-10/h1-6H,(H2,11,13). The molecule has 8 heteroatoms. The van der Waals surface area contributed by atoms with E-state index in [1.807, 2.05) is 0 Å². The Labute approximate surface area is 103 Å². The molecule has 92 valence electrons.